The fourth-order valence-electron chi connectivity index (χ4n) is 4.38. The van der Waals surface area contributed by atoms with E-state index in [2.05, 4.69) is 6.92 Å². The standard InChI is InChI=1S/C22H31NO5/c1-3-5-13-27-19-12-11-17-18(19)14-23(20(17)21(24)26-4-2)22(25)28-15-16-9-7-6-8-10-16/h6-10,17-20H,3-5,11-15H2,1-2H3/t17-,18-,19+,20-/m1/s1. The van der Waals surface area contributed by atoms with Crippen molar-refractivity contribution in [2.75, 3.05) is 19.8 Å². The normalized spacial score (nSPS) is 26.1. The summed E-state index contributed by atoms with van der Waals surface area (Å²) in [5, 5.41) is 0. The minimum atomic E-state index is -0.576. The number of rotatable bonds is 8. The van der Waals surface area contributed by atoms with Gasteiger partial charge in [-0.3, -0.25) is 4.90 Å². The van der Waals surface area contributed by atoms with Crippen LogP contribution in [0, 0.1) is 11.8 Å². The van der Waals surface area contributed by atoms with Crippen LogP contribution in [0.2, 0.25) is 0 Å². The zero-order valence-corrected chi connectivity index (χ0v) is 16.8. The molecule has 0 unspecified atom stereocenters. The van der Waals surface area contributed by atoms with E-state index in [1.807, 2.05) is 30.3 Å². The second kappa shape index (κ2) is 9.92. The third kappa shape index (κ3) is 4.66. The van der Waals surface area contributed by atoms with Crippen LogP contribution >= 0.6 is 0 Å². The number of carbonyl (C=O) groups is 2. The Labute approximate surface area is 167 Å². The number of hydrogen-bond donors (Lipinski definition) is 0. The molecule has 28 heavy (non-hydrogen) atoms. The lowest BCUT2D eigenvalue weighted by Crippen LogP contribution is -2.44. The Bertz CT molecular complexity index is 650. The van der Waals surface area contributed by atoms with E-state index in [9.17, 15) is 9.59 Å². The Hall–Kier alpha value is -2.08. The fourth-order valence-corrected chi connectivity index (χ4v) is 4.38. The monoisotopic (exact) mass is 389 g/mol. The molecule has 6 nitrogen and oxygen atoms in total. The molecule has 2 fully saturated rings. The van der Waals surface area contributed by atoms with Gasteiger partial charge in [0.15, 0.2) is 0 Å². The SMILES string of the molecule is CCCCO[C@H]1CC[C@@H]2[C@H]1CN(C(=O)OCc1ccccc1)[C@H]2C(=O)OCC. The molecule has 4 atom stereocenters. The average molecular weight is 389 g/mol. The zero-order chi connectivity index (χ0) is 19.9. The predicted molar refractivity (Wildman–Crippen MR) is 105 cm³/mol. The molecule has 2 aliphatic rings. The summed E-state index contributed by atoms with van der Waals surface area (Å²) in [5.41, 5.74) is 0.920. The van der Waals surface area contributed by atoms with Crippen molar-refractivity contribution < 1.29 is 23.8 Å². The van der Waals surface area contributed by atoms with Crippen molar-refractivity contribution in [1.29, 1.82) is 0 Å². The topological polar surface area (TPSA) is 65.1 Å². The molecular weight excluding hydrogens is 358 g/mol. The lowest BCUT2D eigenvalue weighted by atomic mass is 9.93. The second-order valence-corrected chi connectivity index (χ2v) is 7.56. The Morgan fingerprint density at radius 1 is 1.07 bits per heavy atom. The van der Waals surface area contributed by atoms with E-state index in [4.69, 9.17) is 14.2 Å². The van der Waals surface area contributed by atoms with Crippen LogP contribution in [0.4, 0.5) is 4.79 Å². The number of fused-ring (bicyclic) bond motifs is 1. The molecule has 1 aromatic carbocycles. The van der Waals surface area contributed by atoms with Gasteiger partial charge in [-0.25, -0.2) is 9.59 Å². The summed E-state index contributed by atoms with van der Waals surface area (Å²) in [4.78, 5) is 27.0. The highest BCUT2D eigenvalue weighted by atomic mass is 16.6. The quantitative estimate of drug-likeness (QED) is 0.500. The molecule has 6 heteroatoms. The van der Waals surface area contributed by atoms with E-state index in [1.54, 1.807) is 11.8 Å². The molecule has 1 aliphatic carbocycles. The number of hydrogen-bond acceptors (Lipinski definition) is 5. The summed E-state index contributed by atoms with van der Waals surface area (Å²) in [6.07, 6.45) is 3.56. The summed E-state index contributed by atoms with van der Waals surface area (Å²) < 4.78 is 16.9. The van der Waals surface area contributed by atoms with Gasteiger partial charge < -0.3 is 14.2 Å². The number of likely N-dealkylation sites (tertiary alicyclic amines) is 1. The smallest absolute Gasteiger partial charge is 0.410 e. The van der Waals surface area contributed by atoms with Crippen molar-refractivity contribution in [3.05, 3.63) is 35.9 Å². The molecule has 1 saturated heterocycles. The van der Waals surface area contributed by atoms with E-state index in [1.165, 1.54) is 0 Å². The summed E-state index contributed by atoms with van der Waals surface area (Å²) in [7, 11) is 0. The van der Waals surface area contributed by atoms with Crippen molar-refractivity contribution in [2.45, 2.75) is 58.3 Å². The highest BCUT2D eigenvalue weighted by molar-refractivity contribution is 5.82. The maximum absolute atomic E-state index is 12.8. The Morgan fingerprint density at radius 2 is 1.86 bits per heavy atom. The predicted octanol–water partition coefficient (Wildman–Crippen LogP) is 3.78. The van der Waals surface area contributed by atoms with Crippen molar-refractivity contribution in [2.24, 2.45) is 11.8 Å². The Morgan fingerprint density at radius 3 is 2.57 bits per heavy atom. The molecule has 1 aliphatic heterocycles. The number of benzene rings is 1. The van der Waals surface area contributed by atoms with Crippen LogP contribution in [-0.2, 0) is 25.6 Å². The molecule has 0 spiro atoms. The summed E-state index contributed by atoms with van der Waals surface area (Å²) in [6, 6.07) is 8.97. The molecule has 0 radical (unpaired) electrons. The molecule has 1 heterocycles. The van der Waals surface area contributed by atoms with E-state index < -0.39 is 12.1 Å². The molecular formula is C22H31NO5. The minimum absolute atomic E-state index is 0.0787. The van der Waals surface area contributed by atoms with Crippen LogP contribution in [0.1, 0.15) is 45.1 Å². The van der Waals surface area contributed by atoms with Gasteiger partial charge in [-0.1, -0.05) is 43.7 Å². The first-order valence-electron chi connectivity index (χ1n) is 10.4. The van der Waals surface area contributed by atoms with E-state index >= 15 is 0 Å². The van der Waals surface area contributed by atoms with Crippen LogP contribution in [0.25, 0.3) is 0 Å². The van der Waals surface area contributed by atoms with Gasteiger partial charge >= 0.3 is 12.1 Å². The third-order valence-corrected chi connectivity index (χ3v) is 5.76. The van der Waals surface area contributed by atoms with Gasteiger partial charge in [-0.15, -0.1) is 0 Å². The van der Waals surface area contributed by atoms with E-state index in [0.717, 1.165) is 37.9 Å². The molecule has 1 saturated carbocycles. The lowest BCUT2D eigenvalue weighted by Gasteiger charge is -2.25. The molecule has 0 N–H and O–H groups in total. The number of unbranched alkanes of at least 4 members (excludes halogenated alkanes) is 1. The largest absolute Gasteiger partial charge is 0.464 e. The van der Waals surface area contributed by atoms with Gasteiger partial charge in [-0.2, -0.15) is 0 Å². The third-order valence-electron chi connectivity index (χ3n) is 5.76. The molecule has 1 amide bonds. The number of nitrogens with zero attached hydrogens (tertiary/aromatic N) is 1. The number of esters is 1. The number of ether oxygens (including phenoxy) is 3. The Balaban J connectivity index is 1.67. The molecule has 0 aromatic heterocycles. The highest BCUT2D eigenvalue weighted by Crippen LogP contribution is 2.44. The first-order chi connectivity index (χ1) is 13.7. The van der Waals surface area contributed by atoms with Crippen LogP contribution in [-0.4, -0.2) is 48.9 Å². The van der Waals surface area contributed by atoms with Gasteiger partial charge in [0.1, 0.15) is 12.6 Å². The Kier molecular flexibility index (Phi) is 7.31. The van der Waals surface area contributed by atoms with Gasteiger partial charge in [0.25, 0.3) is 0 Å². The van der Waals surface area contributed by atoms with Crippen LogP contribution in [0.15, 0.2) is 30.3 Å². The average Bonchev–Trinajstić information content (AvgIpc) is 3.27. The maximum atomic E-state index is 12.8. The maximum Gasteiger partial charge on any atom is 0.410 e. The van der Waals surface area contributed by atoms with Crippen LogP contribution in [0.3, 0.4) is 0 Å². The highest BCUT2D eigenvalue weighted by Gasteiger charge is 2.54. The van der Waals surface area contributed by atoms with Gasteiger partial charge in [0.05, 0.1) is 12.7 Å². The van der Waals surface area contributed by atoms with Crippen molar-refractivity contribution in [1.82, 2.24) is 4.90 Å². The van der Waals surface area contributed by atoms with Crippen molar-refractivity contribution >= 4 is 12.1 Å². The summed E-state index contributed by atoms with van der Waals surface area (Å²) in [6.45, 7) is 5.63. The molecule has 0 bridgehead atoms. The van der Waals surface area contributed by atoms with Crippen LogP contribution in [0.5, 0.6) is 0 Å². The van der Waals surface area contributed by atoms with E-state index in [-0.39, 0.29) is 30.5 Å². The first-order valence-corrected chi connectivity index (χ1v) is 10.4. The molecule has 1 aromatic rings. The first kappa shape index (κ1) is 20.6. The number of carbonyl (C=O) groups excluding carboxylic acids is 2. The van der Waals surface area contributed by atoms with Crippen molar-refractivity contribution in [3.8, 4) is 0 Å². The number of amides is 1. The lowest BCUT2D eigenvalue weighted by molar-refractivity contribution is -0.149. The molecule has 154 valence electrons. The van der Waals surface area contributed by atoms with Gasteiger partial charge in [0.2, 0.25) is 0 Å². The van der Waals surface area contributed by atoms with E-state index in [0.29, 0.717) is 13.2 Å². The summed E-state index contributed by atoms with van der Waals surface area (Å²) >= 11 is 0. The fraction of sp³-hybridized carbons (Fsp3) is 0.636. The minimum Gasteiger partial charge on any atom is -0.464 e. The summed E-state index contributed by atoms with van der Waals surface area (Å²) in [5.74, 6) is -0.0913. The van der Waals surface area contributed by atoms with Gasteiger partial charge in [-0.05, 0) is 37.7 Å². The molecule has 3 rings (SSSR count). The van der Waals surface area contributed by atoms with Crippen LogP contribution < -0.4 is 0 Å². The van der Waals surface area contributed by atoms with Crippen molar-refractivity contribution in [3.63, 3.8) is 0 Å². The van der Waals surface area contributed by atoms with Gasteiger partial charge in [0, 0.05) is 19.1 Å². The second-order valence-electron chi connectivity index (χ2n) is 7.56. The zero-order valence-electron chi connectivity index (χ0n) is 16.8.